The fraction of sp³-hybridized carbons (Fsp3) is 0.400. The lowest BCUT2D eigenvalue weighted by molar-refractivity contribution is 0.450. The minimum absolute atomic E-state index is 0.0419. The predicted octanol–water partition coefficient (Wildman–Crippen LogP) is 1.52. The average Bonchev–Trinajstić information content (AvgIpc) is 2.13. The van der Waals surface area contributed by atoms with Crippen molar-refractivity contribution >= 4 is 21.4 Å². The molecule has 1 aromatic rings. The second kappa shape index (κ2) is 4.24. The second-order valence-corrected chi connectivity index (χ2v) is 6.03. The molecule has 0 aromatic heterocycles. The molecule has 0 radical (unpaired) electrons. The number of phenolic OH excluding ortho intramolecular Hbond substituents is 1. The number of sulfone groups is 1. The highest BCUT2D eigenvalue weighted by molar-refractivity contribution is 7.90. The molecule has 0 aliphatic carbocycles. The van der Waals surface area contributed by atoms with Gasteiger partial charge >= 0.3 is 0 Å². The van der Waals surface area contributed by atoms with E-state index >= 15 is 0 Å². The van der Waals surface area contributed by atoms with E-state index in [9.17, 15) is 13.5 Å². The lowest BCUT2D eigenvalue weighted by atomic mass is 10.0. The summed E-state index contributed by atoms with van der Waals surface area (Å²) in [5.41, 5.74) is 6.82. The Morgan fingerprint density at radius 2 is 1.81 bits per heavy atom. The largest absolute Gasteiger partial charge is 0.506 e. The van der Waals surface area contributed by atoms with Crippen molar-refractivity contribution in [1.82, 2.24) is 0 Å². The van der Waals surface area contributed by atoms with E-state index in [0.29, 0.717) is 21.7 Å². The van der Waals surface area contributed by atoms with E-state index in [1.165, 1.54) is 0 Å². The van der Waals surface area contributed by atoms with Gasteiger partial charge < -0.3 is 10.8 Å². The maximum Gasteiger partial charge on any atom is 0.179 e. The molecule has 16 heavy (non-hydrogen) atoms. The highest BCUT2D eigenvalue weighted by Crippen LogP contribution is 2.37. The fourth-order valence-electron chi connectivity index (χ4n) is 1.71. The van der Waals surface area contributed by atoms with Gasteiger partial charge in [-0.15, -0.1) is 0 Å². The summed E-state index contributed by atoms with van der Waals surface area (Å²) in [5, 5.41) is 10.2. The normalized spacial score (nSPS) is 11.8. The van der Waals surface area contributed by atoms with Crippen LogP contribution in [0.4, 0.5) is 0 Å². The molecule has 0 spiro atoms. The first-order chi connectivity index (χ1) is 7.21. The standard InChI is InChI=1S/C10H14ClNO3S/c1-5-7(4-12)9(13)10(16(3,14)15)6(2)8(5)11/h13H,4,12H2,1-3H3. The zero-order valence-electron chi connectivity index (χ0n) is 9.33. The molecular formula is C10H14ClNO3S. The maximum absolute atomic E-state index is 11.5. The third kappa shape index (κ3) is 2.03. The third-order valence-corrected chi connectivity index (χ3v) is 4.34. The van der Waals surface area contributed by atoms with Crippen LogP contribution in [0.25, 0.3) is 0 Å². The van der Waals surface area contributed by atoms with Gasteiger partial charge in [-0.2, -0.15) is 0 Å². The summed E-state index contributed by atoms with van der Waals surface area (Å²) in [6, 6.07) is 0. The van der Waals surface area contributed by atoms with Crippen molar-refractivity contribution in [2.75, 3.05) is 6.26 Å². The Labute approximate surface area is 100.0 Å². The van der Waals surface area contributed by atoms with Crippen LogP contribution in [0.5, 0.6) is 5.75 Å². The molecule has 0 bridgehead atoms. The van der Waals surface area contributed by atoms with Crippen LogP contribution >= 0.6 is 11.6 Å². The first-order valence-electron chi connectivity index (χ1n) is 4.62. The zero-order chi connectivity index (χ0) is 12.7. The van der Waals surface area contributed by atoms with Crippen molar-refractivity contribution in [3.05, 3.63) is 21.7 Å². The van der Waals surface area contributed by atoms with Gasteiger partial charge in [0.2, 0.25) is 0 Å². The molecule has 0 heterocycles. The Balaban J connectivity index is 3.84. The molecule has 0 aliphatic rings. The molecule has 4 nitrogen and oxygen atoms in total. The molecule has 0 aliphatic heterocycles. The van der Waals surface area contributed by atoms with Gasteiger partial charge in [-0.25, -0.2) is 8.42 Å². The summed E-state index contributed by atoms with van der Waals surface area (Å²) in [4.78, 5) is -0.136. The van der Waals surface area contributed by atoms with Gasteiger partial charge in [-0.3, -0.25) is 0 Å². The van der Waals surface area contributed by atoms with Crippen molar-refractivity contribution in [1.29, 1.82) is 0 Å². The highest BCUT2D eigenvalue weighted by Gasteiger charge is 2.23. The van der Waals surface area contributed by atoms with Crippen LogP contribution in [0.2, 0.25) is 5.02 Å². The summed E-state index contributed by atoms with van der Waals surface area (Å²) in [6.45, 7) is 3.30. The molecular weight excluding hydrogens is 250 g/mol. The Kier molecular flexibility index (Phi) is 3.52. The number of nitrogens with two attached hydrogens (primary N) is 1. The first kappa shape index (κ1) is 13.3. The first-order valence-corrected chi connectivity index (χ1v) is 6.89. The van der Waals surface area contributed by atoms with Crippen LogP contribution in [-0.4, -0.2) is 19.8 Å². The van der Waals surface area contributed by atoms with E-state index in [0.717, 1.165) is 6.26 Å². The molecule has 1 aromatic carbocycles. The SMILES string of the molecule is Cc1c(Cl)c(C)c(S(C)(=O)=O)c(O)c1CN. The molecule has 0 unspecified atom stereocenters. The summed E-state index contributed by atoms with van der Waals surface area (Å²) < 4.78 is 23.1. The topological polar surface area (TPSA) is 80.4 Å². The van der Waals surface area contributed by atoms with E-state index in [-0.39, 0.29) is 17.2 Å². The maximum atomic E-state index is 11.5. The molecule has 0 fully saturated rings. The van der Waals surface area contributed by atoms with Crippen LogP contribution in [0, 0.1) is 13.8 Å². The van der Waals surface area contributed by atoms with Gasteiger partial charge in [-0.1, -0.05) is 11.6 Å². The molecule has 6 heteroatoms. The molecule has 0 saturated heterocycles. The van der Waals surface area contributed by atoms with Gasteiger partial charge in [0.25, 0.3) is 0 Å². The van der Waals surface area contributed by atoms with Crippen molar-refractivity contribution in [2.24, 2.45) is 5.73 Å². The third-order valence-electron chi connectivity index (χ3n) is 2.53. The van der Waals surface area contributed by atoms with E-state index in [1.807, 2.05) is 0 Å². The molecule has 0 amide bonds. The Morgan fingerprint density at radius 1 is 1.31 bits per heavy atom. The summed E-state index contributed by atoms with van der Waals surface area (Å²) in [5.74, 6) is -0.288. The van der Waals surface area contributed by atoms with Crippen LogP contribution in [0.15, 0.2) is 4.90 Å². The molecule has 0 atom stereocenters. The number of halogens is 1. The van der Waals surface area contributed by atoms with E-state index < -0.39 is 9.84 Å². The van der Waals surface area contributed by atoms with Crippen molar-refractivity contribution in [3.63, 3.8) is 0 Å². The van der Waals surface area contributed by atoms with Crippen LogP contribution < -0.4 is 5.73 Å². The fourth-order valence-corrected chi connectivity index (χ4v) is 3.11. The molecule has 90 valence electrons. The Hall–Kier alpha value is -0.780. The monoisotopic (exact) mass is 263 g/mol. The summed E-state index contributed by atoms with van der Waals surface area (Å²) >= 11 is 6.01. The highest BCUT2D eigenvalue weighted by atomic mass is 35.5. The van der Waals surface area contributed by atoms with Gasteiger partial charge in [-0.05, 0) is 25.0 Å². The summed E-state index contributed by atoms with van der Waals surface area (Å²) in [7, 11) is -3.53. The lowest BCUT2D eigenvalue weighted by Gasteiger charge is -2.15. The number of hydrogen-bond acceptors (Lipinski definition) is 4. The molecule has 3 N–H and O–H groups in total. The number of rotatable bonds is 2. The number of phenols is 1. The average molecular weight is 264 g/mol. The van der Waals surface area contributed by atoms with Crippen LogP contribution in [0.3, 0.4) is 0 Å². The Bertz CT molecular complexity index is 538. The van der Waals surface area contributed by atoms with Gasteiger partial charge in [0, 0.05) is 23.4 Å². The quantitative estimate of drug-likeness (QED) is 0.848. The van der Waals surface area contributed by atoms with Crippen molar-refractivity contribution in [3.8, 4) is 5.75 Å². The van der Waals surface area contributed by atoms with Crippen molar-refractivity contribution in [2.45, 2.75) is 25.3 Å². The smallest absolute Gasteiger partial charge is 0.179 e. The summed E-state index contributed by atoms with van der Waals surface area (Å²) in [6.07, 6.45) is 1.03. The van der Waals surface area contributed by atoms with Gasteiger partial charge in [0.15, 0.2) is 9.84 Å². The Morgan fingerprint density at radius 3 is 2.19 bits per heavy atom. The van der Waals surface area contributed by atoms with Crippen LogP contribution in [-0.2, 0) is 16.4 Å². The van der Waals surface area contributed by atoms with E-state index in [2.05, 4.69) is 0 Å². The number of benzene rings is 1. The number of aromatic hydroxyl groups is 1. The van der Waals surface area contributed by atoms with Gasteiger partial charge in [0.05, 0.1) is 0 Å². The number of hydrogen-bond donors (Lipinski definition) is 2. The van der Waals surface area contributed by atoms with Crippen molar-refractivity contribution < 1.29 is 13.5 Å². The lowest BCUT2D eigenvalue weighted by Crippen LogP contribution is -2.08. The minimum atomic E-state index is -3.53. The second-order valence-electron chi connectivity index (χ2n) is 3.70. The van der Waals surface area contributed by atoms with E-state index in [1.54, 1.807) is 13.8 Å². The van der Waals surface area contributed by atoms with E-state index in [4.69, 9.17) is 17.3 Å². The zero-order valence-corrected chi connectivity index (χ0v) is 10.9. The molecule has 0 saturated carbocycles. The van der Waals surface area contributed by atoms with Crippen LogP contribution in [0.1, 0.15) is 16.7 Å². The molecule has 1 rings (SSSR count). The van der Waals surface area contributed by atoms with Gasteiger partial charge in [0.1, 0.15) is 10.6 Å². The predicted molar refractivity (Wildman–Crippen MR) is 63.6 cm³/mol. The minimum Gasteiger partial charge on any atom is -0.506 e.